The van der Waals surface area contributed by atoms with Crippen LogP contribution >= 0.6 is 0 Å². The molecule has 0 radical (unpaired) electrons. The van der Waals surface area contributed by atoms with Gasteiger partial charge >= 0.3 is 0 Å². The van der Waals surface area contributed by atoms with E-state index in [1.165, 1.54) is 11.1 Å². The number of aryl methyl sites for hydroxylation is 3. The number of hydrogen-bond acceptors (Lipinski definition) is 6. The number of carbonyl (C=O) groups is 1. The quantitative estimate of drug-likeness (QED) is 0.204. The average molecular weight is 559 g/mol. The van der Waals surface area contributed by atoms with E-state index < -0.39 is 0 Å². The summed E-state index contributed by atoms with van der Waals surface area (Å²) >= 11 is 0. The number of benzene rings is 2. The summed E-state index contributed by atoms with van der Waals surface area (Å²) in [4.78, 5) is 14.0. The zero-order valence-corrected chi connectivity index (χ0v) is 24.5. The Morgan fingerprint density at radius 3 is 2.37 bits per heavy atom. The highest BCUT2D eigenvalue weighted by Gasteiger charge is 2.14. The molecule has 0 bridgehead atoms. The lowest BCUT2D eigenvalue weighted by molar-refractivity contribution is -0.129. The lowest BCUT2D eigenvalue weighted by Crippen LogP contribution is -2.32. The van der Waals surface area contributed by atoms with Gasteiger partial charge in [0.25, 0.3) is 0 Å². The summed E-state index contributed by atoms with van der Waals surface area (Å²) in [5, 5.41) is 8.49. The first-order chi connectivity index (χ1) is 19.9. The minimum Gasteiger partial charge on any atom is -0.494 e. The predicted molar refractivity (Wildman–Crippen MR) is 160 cm³/mol. The summed E-state index contributed by atoms with van der Waals surface area (Å²) in [5.74, 6) is 2.11. The van der Waals surface area contributed by atoms with Gasteiger partial charge in [0.2, 0.25) is 5.91 Å². The Morgan fingerprint density at radius 2 is 1.63 bits per heavy atom. The van der Waals surface area contributed by atoms with Crippen molar-refractivity contribution in [3.8, 4) is 11.5 Å². The van der Waals surface area contributed by atoms with Crippen LogP contribution in [-0.4, -0.2) is 58.8 Å². The van der Waals surface area contributed by atoms with Crippen molar-refractivity contribution in [3.05, 3.63) is 95.3 Å². The van der Waals surface area contributed by atoms with Crippen LogP contribution in [0.25, 0.3) is 0 Å². The number of allylic oxidation sites excluding steroid dienone is 2. The molecule has 1 aliphatic carbocycles. The van der Waals surface area contributed by atoms with Crippen molar-refractivity contribution < 1.29 is 19.0 Å². The van der Waals surface area contributed by atoms with Gasteiger partial charge in [0, 0.05) is 32.1 Å². The standard InChI is InChI=1S/C33H42N4O4/c1-26-20-27(2)22-33(21-26)41-19-18-39-17-15-37-25-31(34-35-37)10-6-7-16-40-32-13-11-30(12-14-32)24-36(28(3)38)23-29-8-4-5-9-29/h4-5,8-9,11-14,20-22,25,29H,6-7,10,15-19,23-24H2,1-3H3. The van der Waals surface area contributed by atoms with Gasteiger partial charge in [-0.3, -0.25) is 4.79 Å². The predicted octanol–water partition coefficient (Wildman–Crippen LogP) is 5.48. The van der Waals surface area contributed by atoms with E-state index in [-0.39, 0.29) is 5.91 Å². The van der Waals surface area contributed by atoms with Crippen LogP contribution < -0.4 is 9.47 Å². The molecule has 218 valence electrons. The van der Waals surface area contributed by atoms with Crippen molar-refractivity contribution in [2.45, 2.75) is 53.1 Å². The molecule has 1 aliphatic rings. The molecule has 8 heteroatoms. The first-order valence-corrected chi connectivity index (χ1v) is 14.4. The minimum absolute atomic E-state index is 0.0853. The molecule has 0 aliphatic heterocycles. The van der Waals surface area contributed by atoms with E-state index in [9.17, 15) is 4.79 Å². The van der Waals surface area contributed by atoms with E-state index in [4.69, 9.17) is 14.2 Å². The molecule has 1 aromatic heterocycles. The molecule has 0 fully saturated rings. The van der Waals surface area contributed by atoms with E-state index >= 15 is 0 Å². The van der Waals surface area contributed by atoms with Gasteiger partial charge in [0.15, 0.2) is 0 Å². The fourth-order valence-electron chi connectivity index (χ4n) is 4.73. The number of aromatic nitrogens is 3. The maximum atomic E-state index is 12.1. The van der Waals surface area contributed by atoms with E-state index in [0.717, 1.165) is 42.0 Å². The molecule has 2 aromatic carbocycles. The van der Waals surface area contributed by atoms with Gasteiger partial charge < -0.3 is 19.1 Å². The number of amides is 1. The summed E-state index contributed by atoms with van der Waals surface area (Å²) in [5.41, 5.74) is 4.46. The SMILES string of the molecule is CC(=O)N(Cc1ccc(OCCCCc2cn(CCOCCOc3cc(C)cc(C)c3)nn2)cc1)CC1C=CC=C1. The van der Waals surface area contributed by atoms with Gasteiger partial charge in [-0.15, -0.1) is 5.10 Å². The van der Waals surface area contributed by atoms with Crippen LogP contribution in [0.15, 0.2) is 73.0 Å². The number of unbranched alkanes of at least 4 members (excludes halogenated alkanes) is 1. The first kappa shape index (κ1) is 30.1. The number of hydrogen-bond donors (Lipinski definition) is 0. The Bertz CT molecular complexity index is 1270. The van der Waals surface area contributed by atoms with Crippen molar-refractivity contribution in [1.29, 1.82) is 0 Å². The first-order valence-electron chi connectivity index (χ1n) is 14.4. The summed E-state index contributed by atoms with van der Waals surface area (Å²) in [7, 11) is 0. The number of rotatable bonds is 17. The van der Waals surface area contributed by atoms with Gasteiger partial charge in [-0.05, 0) is 74.1 Å². The number of ether oxygens (including phenoxy) is 3. The van der Waals surface area contributed by atoms with E-state index in [2.05, 4.69) is 42.4 Å². The lowest BCUT2D eigenvalue weighted by atomic mass is 10.1. The smallest absolute Gasteiger partial charge is 0.219 e. The molecule has 0 saturated heterocycles. The Labute approximate surface area is 243 Å². The monoisotopic (exact) mass is 558 g/mol. The fourth-order valence-corrected chi connectivity index (χ4v) is 4.73. The molecule has 8 nitrogen and oxygen atoms in total. The second-order valence-corrected chi connectivity index (χ2v) is 10.5. The van der Waals surface area contributed by atoms with E-state index in [0.29, 0.717) is 52.0 Å². The zero-order valence-electron chi connectivity index (χ0n) is 24.5. The van der Waals surface area contributed by atoms with Gasteiger partial charge in [-0.2, -0.15) is 0 Å². The third-order valence-electron chi connectivity index (χ3n) is 6.84. The van der Waals surface area contributed by atoms with Crippen LogP contribution in [0.5, 0.6) is 11.5 Å². The van der Waals surface area contributed by atoms with Crippen molar-refractivity contribution in [1.82, 2.24) is 19.9 Å². The van der Waals surface area contributed by atoms with E-state index in [1.54, 1.807) is 6.92 Å². The molecule has 1 heterocycles. The van der Waals surface area contributed by atoms with Crippen molar-refractivity contribution in [2.24, 2.45) is 5.92 Å². The van der Waals surface area contributed by atoms with Crippen LogP contribution in [0.4, 0.5) is 0 Å². The molecule has 0 spiro atoms. The van der Waals surface area contributed by atoms with Crippen LogP contribution in [-0.2, 0) is 29.0 Å². The molecule has 1 amide bonds. The zero-order chi connectivity index (χ0) is 28.9. The topological polar surface area (TPSA) is 78.7 Å². The third kappa shape index (κ3) is 10.5. The van der Waals surface area contributed by atoms with Crippen LogP contribution in [0.2, 0.25) is 0 Å². The van der Waals surface area contributed by atoms with Crippen LogP contribution in [0, 0.1) is 19.8 Å². The average Bonchev–Trinajstić information content (AvgIpc) is 3.63. The minimum atomic E-state index is 0.0853. The van der Waals surface area contributed by atoms with Crippen molar-refractivity contribution in [2.75, 3.05) is 33.0 Å². The van der Waals surface area contributed by atoms with Crippen LogP contribution in [0.3, 0.4) is 0 Å². The second-order valence-electron chi connectivity index (χ2n) is 10.5. The van der Waals surface area contributed by atoms with Gasteiger partial charge in [-0.25, -0.2) is 4.68 Å². The Morgan fingerprint density at radius 1 is 0.902 bits per heavy atom. The number of carbonyl (C=O) groups excluding carboxylic acids is 1. The molecule has 0 atom stereocenters. The summed E-state index contributed by atoms with van der Waals surface area (Å²) in [6.07, 6.45) is 13.1. The van der Waals surface area contributed by atoms with Crippen LogP contribution in [0.1, 0.15) is 42.1 Å². The highest BCUT2D eigenvalue weighted by molar-refractivity contribution is 5.73. The van der Waals surface area contributed by atoms with Crippen molar-refractivity contribution >= 4 is 5.91 Å². The summed E-state index contributed by atoms with van der Waals surface area (Å²) < 4.78 is 19.2. The second kappa shape index (κ2) is 15.8. The van der Waals surface area contributed by atoms with Crippen molar-refractivity contribution in [3.63, 3.8) is 0 Å². The fraction of sp³-hybridized carbons (Fsp3) is 0.424. The summed E-state index contributed by atoms with van der Waals surface area (Å²) in [6, 6.07) is 14.2. The molecule has 3 aromatic rings. The molecule has 0 N–H and O–H groups in total. The Balaban J connectivity index is 1.05. The van der Waals surface area contributed by atoms with E-state index in [1.807, 2.05) is 64.3 Å². The van der Waals surface area contributed by atoms with Gasteiger partial charge in [-0.1, -0.05) is 47.7 Å². The normalized spacial score (nSPS) is 12.7. The maximum Gasteiger partial charge on any atom is 0.219 e. The molecular formula is C33H42N4O4. The largest absolute Gasteiger partial charge is 0.494 e. The lowest BCUT2D eigenvalue weighted by Gasteiger charge is -2.23. The maximum absolute atomic E-state index is 12.1. The third-order valence-corrected chi connectivity index (χ3v) is 6.84. The molecule has 0 unspecified atom stereocenters. The highest BCUT2D eigenvalue weighted by atomic mass is 16.5. The molecular weight excluding hydrogens is 516 g/mol. The van der Waals surface area contributed by atoms with Gasteiger partial charge in [0.1, 0.15) is 18.1 Å². The van der Waals surface area contributed by atoms with Gasteiger partial charge in [0.05, 0.1) is 32.1 Å². The molecule has 0 saturated carbocycles. The Kier molecular flexibility index (Phi) is 11.6. The highest BCUT2D eigenvalue weighted by Crippen LogP contribution is 2.18. The molecule has 41 heavy (non-hydrogen) atoms. The Hall–Kier alpha value is -3.91. The molecule has 4 rings (SSSR count). The number of nitrogens with zero attached hydrogens (tertiary/aromatic N) is 4. The summed E-state index contributed by atoms with van der Waals surface area (Å²) in [6.45, 7) is 9.98.